The summed E-state index contributed by atoms with van der Waals surface area (Å²) in [6.07, 6.45) is -4.62. The smallest absolute Gasteiger partial charge is 0.431 e. The van der Waals surface area contributed by atoms with Crippen LogP contribution in [0.4, 0.5) is 27.6 Å². The third-order valence-electron chi connectivity index (χ3n) is 6.20. The zero-order valence-corrected chi connectivity index (χ0v) is 17.7. The van der Waals surface area contributed by atoms with Crippen molar-refractivity contribution in [3.8, 4) is 5.75 Å². The van der Waals surface area contributed by atoms with E-state index in [4.69, 9.17) is 9.47 Å². The van der Waals surface area contributed by atoms with Crippen LogP contribution in [0.15, 0.2) is 36.4 Å². The number of rotatable bonds is 3. The van der Waals surface area contributed by atoms with Crippen molar-refractivity contribution in [2.24, 2.45) is 0 Å². The Hall–Kier alpha value is -2.85. The maximum atomic E-state index is 15.0. The van der Waals surface area contributed by atoms with Crippen LogP contribution in [0.25, 0.3) is 10.9 Å². The summed E-state index contributed by atoms with van der Waals surface area (Å²) < 4.78 is 80.1. The first-order valence-corrected chi connectivity index (χ1v) is 10.6. The minimum Gasteiger partial charge on any atom is -0.491 e. The highest BCUT2D eigenvalue weighted by Crippen LogP contribution is 2.41. The van der Waals surface area contributed by atoms with Crippen LogP contribution in [0.2, 0.25) is 0 Å². The second-order valence-corrected chi connectivity index (χ2v) is 8.42. The molecule has 3 atom stereocenters. The van der Waals surface area contributed by atoms with E-state index in [1.54, 1.807) is 6.07 Å². The highest BCUT2D eigenvalue weighted by molar-refractivity contribution is 5.93. The van der Waals surface area contributed by atoms with Gasteiger partial charge in [0, 0.05) is 35.6 Å². The summed E-state index contributed by atoms with van der Waals surface area (Å²) in [6.45, 7) is 3.89. The van der Waals surface area contributed by atoms with Gasteiger partial charge in [0.2, 0.25) is 0 Å². The van der Waals surface area contributed by atoms with Crippen LogP contribution in [-0.2, 0) is 10.9 Å². The molecule has 0 aliphatic carbocycles. The third-order valence-corrected chi connectivity index (χ3v) is 6.20. The van der Waals surface area contributed by atoms with Gasteiger partial charge in [0.25, 0.3) is 0 Å². The lowest BCUT2D eigenvalue weighted by Gasteiger charge is -2.44. The van der Waals surface area contributed by atoms with Crippen molar-refractivity contribution in [1.29, 1.82) is 0 Å². The second-order valence-electron chi connectivity index (χ2n) is 8.42. The van der Waals surface area contributed by atoms with Crippen molar-refractivity contribution >= 4 is 16.6 Å². The van der Waals surface area contributed by atoms with Gasteiger partial charge in [-0.3, -0.25) is 4.90 Å². The molecular formula is C23H22F5N3O2. The van der Waals surface area contributed by atoms with Gasteiger partial charge < -0.3 is 19.8 Å². The molecule has 0 radical (unpaired) electrons. The Kier molecular flexibility index (Phi) is 5.44. The molecule has 33 heavy (non-hydrogen) atoms. The number of benzene rings is 2. The van der Waals surface area contributed by atoms with Crippen LogP contribution in [0.1, 0.15) is 24.2 Å². The lowest BCUT2D eigenvalue weighted by molar-refractivity contribution is -0.140. The van der Waals surface area contributed by atoms with Crippen LogP contribution < -0.4 is 10.1 Å². The number of hydrogen-bond donors (Lipinski definition) is 2. The SMILES string of the molecule is C[C@@H]1CN([C@H]2COc3cc(F)ccc3[C@@H]2Nc2c(F)ccc3[nH]c(C(F)(F)F)cc23)CCO1. The van der Waals surface area contributed by atoms with Crippen LogP contribution in [-0.4, -0.2) is 48.3 Å². The molecule has 1 saturated heterocycles. The number of fused-ring (bicyclic) bond motifs is 2. The minimum absolute atomic E-state index is 0.0202. The lowest BCUT2D eigenvalue weighted by Crippen LogP contribution is -2.54. The molecule has 176 valence electrons. The highest BCUT2D eigenvalue weighted by Gasteiger charge is 2.38. The molecule has 3 aromatic rings. The Balaban J connectivity index is 1.58. The molecule has 2 aromatic carbocycles. The van der Waals surface area contributed by atoms with E-state index in [9.17, 15) is 22.0 Å². The Labute approximate surface area is 186 Å². The molecule has 2 aliphatic rings. The highest BCUT2D eigenvalue weighted by atomic mass is 19.4. The summed E-state index contributed by atoms with van der Waals surface area (Å²) in [5.41, 5.74) is -0.240. The van der Waals surface area contributed by atoms with Crippen LogP contribution >= 0.6 is 0 Å². The molecule has 0 unspecified atom stereocenters. The monoisotopic (exact) mass is 467 g/mol. The largest absolute Gasteiger partial charge is 0.491 e. The van der Waals surface area contributed by atoms with Crippen molar-refractivity contribution in [2.75, 3.05) is 31.6 Å². The summed E-state index contributed by atoms with van der Waals surface area (Å²) in [6, 6.07) is 6.59. The quantitative estimate of drug-likeness (QED) is 0.527. The molecule has 0 bridgehead atoms. The molecule has 2 aliphatic heterocycles. The summed E-state index contributed by atoms with van der Waals surface area (Å²) in [7, 11) is 0. The van der Waals surface area contributed by atoms with Gasteiger partial charge in [0.05, 0.1) is 30.5 Å². The molecule has 2 N–H and O–H groups in total. The molecular weight excluding hydrogens is 445 g/mol. The van der Waals surface area contributed by atoms with E-state index in [2.05, 4.69) is 15.2 Å². The van der Waals surface area contributed by atoms with E-state index in [0.29, 0.717) is 31.0 Å². The van der Waals surface area contributed by atoms with Crippen molar-refractivity contribution in [3.05, 3.63) is 59.3 Å². The summed E-state index contributed by atoms with van der Waals surface area (Å²) in [4.78, 5) is 4.46. The first kappa shape index (κ1) is 22.0. The fourth-order valence-electron chi connectivity index (χ4n) is 4.64. The number of morpholine rings is 1. The maximum absolute atomic E-state index is 15.0. The zero-order chi connectivity index (χ0) is 23.3. The molecule has 5 nitrogen and oxygen atoms in total. The molecule has 3 heterocycles. The Bertz CT molecular complexity index is 1180. The lowest BCUT2D eigenvalue weighted by atomic mass is 9.93. The number of alkyl halides is 3. The van der Waals surface area contributed by atoms with E-state index in [1.807, 2.05) is 6.92 Å². The Morgan fingerprint density at radius 1 is 1.12 bits per heavy atom. The van der Waals surface area contributed by atoms with E-state index in [-0.39, 0.29) is 35.3 Å². The van der Waals surface area contributed by atoms with E-state index >= 15 is 0 Å². The molecule has 5 rings (SSSR count). The number of ether oxygens (including phenoxy) is 2. The fraction of sp³-hybridized carbons (Fsp3) is 0.391. The number of aromatic amines is 1. The van der Waals surface area contributed by atoms with Crippen molar-refractivity contribution in [3.63, 3.8) is 0 Å². The van der Waals surface area contributed by atoms with Gasteiger partial charge in [-0.15, -0.1) is 0 Å². The Morgan fingerprint density at radius 3 is 2.70 bits per heavy atom. The van der Waals surface area contributed by atoms with Gasteiger partial charge in [-0.05, 0) is 31.2 Å². The van der Waals surface area contributed by atoms with Crippen molar-refractivity contribution in [2.45, 2.75) is 31.3 Å². The van der Waals surface area contributed by atoms with E-state index in [0.717, 1.165) is 12.1 Å². The van der Waals surface area contributed by atoms with Crippen LogP contribution in [0.5, 0.6) is 5.75 Å². The summed E-state index contributed by atoms with van der Waals surface area (Å²) in [5, 5.41) is 3.24. The number of hydrogen-bond acceptors (Lipinski definition) is 4. The molecule has 0 amide bonds. The first-order valence-electron chi connectivity index (χ1n) is 10.6. The third kappa shape index (κ3) is 4.13. The maximum Gasteiger partial charge on any atom is 0.431 e. The Morgan fingerprint density at radius 2 is 1.94 bits per heavy atom. The molecule has 10 heteroatoms. The van der Waals surface area contributed by atoms with Gasteiger partial charge in [-0.25, -0.2) is 8.78 Å². The molecule has 0 spiro atoms. The zero-order valence-electron chi connectivity index (χ0n) is 17.7. The van der Waals surface area contributed by atoms with Gasteiger partial charge in [-0.2, -0.15) is 13.2 Å². The summed E-state index contributed by atoms with van der Waals surface area (Å²) >= 11 is 0. The predicted octanol–water partition coefficient (Wildman–Crippen LogP) is 5.10. The van der Waals surface area contributed by atoms with Crippen LogP contribution in [0.3, 0.4) is 0 Å². The topological polar surface area (TPSA) is 49.5 Å². The van der Waals surface area contributed by atoms with Crippen molar-refractivity contribution < 1.29 is 31.4 Å². The van der Waals surface area contributed by atoms with Gasteiger partial charge in [0.15, 0.2) is 0 Å². The average Bonchev–Trinajstić information content (AvgIpc) is 3.21. The summed E-state index contributed by atoms with van der Waals surface area (Å²) in [5.74, 6) is -0.832. The van der Waals surface area contributed by atoms with E-state index in [1.165, 1.54) is 18.2 Å². The van der Waals surface area contributed by atoms with Crippen LogP contribution in [0, 0.1) is 11.6 Å². The average molecular weight is 467 g/mol. The van der Waals surface area contributed by atoms with Gasteiger partial charge in [0.1, 0.15) is 29.7 Å². The number of nitrogens with zero attached hydrogens (tertiary/aromatic N) is 1. The number of aromatic nitrogens is 1. The number of nitrogens with one attached hydrogen (secondary N) is 2. The van der Waals surface area contributed by atoms with E-state index < -0.39 is 29.5 Å². The first-order chi connectivity index (χ1) is 15.7. The standard InChI is InChI=1S/C23H22F5N3O2/c1-12-10-31(6-7-32-12)18-11-33-19-8-13(24)2-3-14(19)22(18)30-21-15-9-20(23(26,27)28)29-17(15)5-4-16(21)25/h2-5,8-9,12,18,22,29-30H,6-7,10-11H2,1H3/t12-,18+,22+/m1/s1. The van der Waals surface area contributed by atoms with Crippen molar-refractivity contribution in [1.82, 2.24) is 9.88 Å². The normalized spacial score (nSPS) is 23.9. The van der Waals surface area contributed by atoms with Gasteiger partial charge in [-0.1, -0.05) is 6.07 Å². The second kappa shape index (κ2) is 8.18. The predicted molar refractivity (Wildman–Crippen MR) is 112 cm³/mol. The molecule has 0 saturated carbocycles. The number of H-pyrrole nitrogens is 1. The van der Waals surface area contributed by atoms with Gasteiger partial charge >= 0.3 is 6.18 Å². The molecule has 1 fully saturated rings. The molecule has 1 aromatic heterocycles. The fourth-order valence-corrected chi connectivity index (χ4v) is 4.64. The minimum atomic E-state index is -4.60. The number of halogens is 5. The number of anilines is 1.